The molecule has 1 aromatic rings. The summed E-state index contributed by atoms with van der Waals surface area (Å²) in [5, 5.41) is 0. The second kappa shape index (κ2) is 6.35. The van der Waals surface area contributed by atoms with E-state index in [0.29, 0.717) is 13.1 Å². The number of likely N-dealkylation sites (N-methyl/N-ethyl adjacent to an activating group) is 1. The third kappa shape index (κ3) is 3.82. The maximum Gasteiger partial charge on any atom is 0.251 e. The summed E-state index contributed by atoms with van der Waals surface area (Å²) in [6, 6.07) is 5.83. The van der Waals surface area contributed by atoms with Crippen molar-refractivity contribution >= 4 is 5.91 Å². The number of nitrogens with zero attached hydrogens (tertiary/aromatic N) is 2. The first kappa shape index (κ1) is 13.6. The van der Waals surface area contributed by atoms with Gasteiger partial charge in [-0.25, -0.2) is 0 Å². The van der Waals surface area contributed by atoms with E-state index in [1.807, 2.05) is 32.0 Å². The molecule has 1 aromatic heterocycles. The number of methoxy groups -OCH3 is 1. The molecule has 4 heteroatoms. The van der Waals surface area contributed by atoms with Crippen LogP contribution in [0.4, 0.5) is 0 Å². The zero-order valence-corrected chi connectivity index (χ0v) is 10.9. The molecular formula is C13H20N2O2. The normalized spacial score (nSPS) is 12.2. The molecule has 0 radical (unpaired) electrons. The van der Waals surface area contributed by atoms with Gasteiger partial charge >= 0.3 is 0 Å². The predicted octanol–water partition coefficient (Wildman–Crippen LogP) is 1.77. The van der Waals surface area contributed by atoms with Crippen LogP contribution in [0.25, 0.3) is 0 Å². The van der Waals surface area contributed by atoms with Crippen molar-refractivity contribution in [1.29, 1.82) is 0 Å². The smallest absolute Gasteiger partial charge is 0.251 e. The molecule has 0 aliphatic heterocycles. The van der Waals surface area contributed by atoms with Gasteiger partial charge in [-0.15, -0.1) is 0 Å². The molecule has 0 saturated heterocycles. The highest BCUT2D eigenvalue weighted by Crippen LogP contribution is 2.06. The molecule has 94 valence electrons. The molecule has 17 heavy (non-hydrogen) atoms. The van der Waals surface area contributed by atoms with Crippen LogP contribution in [0.5, 0.6) is 0 Å². The molecule has 0 saturated carbocycles. The van der Waals surface area contributed by atoms with Crippen LogP contribution >= 0.6 is 0 Å². The van der Waals surface area contributed by atoms with Gasteiger partial charge in [0.05, 0.1) is 12.2 Å². The Labute approximate surface area is 103 Å². The molecular weight excluding hydrogens is 216 g/mol. The first-order chi connectivity index (χ1) is 8.08. The fourth-order valence-corrected chi connectivity index (χ4v) is 1.59. The molecule has 1 unspecified atom stereocenters. The quantitative estimate of drug-likeness (QED) is 0.782. The minimum atomic E-state index is -0.403. The molecule has 0 fully saturated rings. The monoisotopic (exact) mass is 236 g/mol. The van der Waals surface area contributed by atoms with Crippen LogP contribution in [-0.4, -0.2) is 35.5 Å². The lowest BCUT2D eigenvalue weighted by Crippen LogP contribution is -2.38. The van der Waals surface area contributed by atoms with Gasteiger partial charge in [-0.2, -0.15) is 0 Å². The summed E-state index contributed by atoms with van der Waals surface area (Å²) in [6.45, 7) is 6.84. The molecule has 0 aromatic carbocycles. The Morgan fingerprint density at radius 3 is 2.76 bits per heavy atom. The van der Waals surface area contributed by atoms with E-state index in [2.05, 4.69) is 4.98 Å². The summed E-state index contributed by atoms with van der Waals surface area (Å²) in [5.74, 6) is -0.00157. The highest BCUT2D eigenvalue weighted by Gasteiger charge is 2.19. The first-order valence-corrected chi connectivity index (χ1v) is 5.82. The Balaban J connectivity index is 2.73. The van der Waals surface area contributed by atoms with Gasteiger partial charge in [0.1, 0.15) is 6.10 Å². The van der Waals surface area contributed by atoms with Gasteiger partial charge in [-0.3, -0.25) is 9.78 Å². The largest absolute Gasteiger partial charge is 0.372 e. The average Bonchev–Trinajstić information content (AvgIpc) is 2.34. The molecule has 1 rings (SSSR count). The summed E-state index contributed by atoms with van der Waals surface area (Å²) < 4.78 is 5.04. The van der Waals surface area contributed by atoms with Gasteiger partial charge in [0.25, 0.3) is 5.91 Å². The van der Waals surface area contributed by atoms with Crippen molar-refractivity contribution in [3.63, 3.8) is 0 Å². The SMILES string of the molecule is CCN(Cc1cccc(C)n1)C(=O)C(C)OC. The third-order valence-corrected chi connectivity index (χ3v) is 2.69. The van der Waals surface area contributed by atoms with Gasteiger partial charge < -0.3 is 9.64 Å². The van der Waals surface area contributed by atoms with Gasteiger partial charge in [0.2, 0.25) is 0 Å². The molecule has 1 heterocycles. The third-order valence-electron chi connectivity index (χ3n) is 2.69. The molecule has 0 aliphatic carbocycles. The lowest BCUT2D eigenvalue weighted by Gasteiger charge is -2.23. The minimum absolute atomic E-state index is 0.00157. The highest BCUT2D eigenvalue weighted by atomic mass is 16.5. The van der Waals surface area contributed by atoms with E-state index in [-0.39, 0.29) is 5.91 Å². The summed E-state index contributed by atoms with van der Waals surface area (Å²) >= 11 is 0. The number of ether oxygens (including phenoxy) is 1. The van der Waals surface area contributed by atoms with Crippen LogP contribution in [0, 0.1) is 6.92 Å². The number of aromatic nitrogens is 1. The molecule has 0 N–H and O–H groups in total. The van der Waals surface area contributed by atoms with Crippen LogP contribution in [0.15, 0.2) is 18.2 Å². The maximum absolute atomic E-state index is 12.0. The second-order valence-electron chi connectivity index (χ2n) is 4.00. The van der Waals surface area contributed by atoms with Crippen LogP contribution in [-0.2, 0) is 16.1 Å². The van der Waals surface area contributed by atoms with Crippen molar-refractivity contribution in [3.8, 4) is 0 Å². The van der Waals surface area contributed by atoms with Crippen molar-refractivity contribution in [2.24, 2.45) is 0 Å². The molecule has 1 amide bonds. The number of rotatable bonds is 5. The zero-order chi connectivity index (χ0) is 12.8. The fraction of sp³-hybridized carbons (Fsp3) is 0.538. The average molecular weight is 236 g/mol. The second-order valence-corrected chi connectivity index (χ2v) is 4.00. The van der Waals surface area contributed by atoms with Crippen LogP contribution < -0.4 is 0 Å². The first-order valence-electron chi connectivity index (χ1n) is 5.82. The Bertz CT molecular complexity index is 379. The number of hydrogen-bond acceptors (Lipinski definition) is 3. The number of aryl methyl sites for hydroxylation is 1. The maximum atomic E-state index is 12.0. The Kier molecular flexibility index (Phi) is 5.10. The van der Waals surface area contributed by atoms with E-state index < -0.39 is 6.10 Å². The summed E-state index contributed by atoms with van der Waals surface area (Å²) in [7, 11) is 1.54. The van der Waals surface area contributed by atoms with Crippen molar-refractivity contribution in [3.05, 3.63) is 29.6 Å². The number of carbonyl (C=O) groups excluding carboxylic acids is 1. The van der Waals surface area contributed by atoms with Gasteiger partial charge in [-0.05, 0) is 32.9 Å². The highest BCUT2D eigenvalue weighted by molar-refractivity contribution is 5.80. The fourth-order valence-electron chi connectivity index (χ4n) is 1.59. The predicted molar refractivity (Wildman–Crippen MR) is 66.5 cm³/mol. The van der Waals surface area contributed by atoms with E-state index in [1.54, 1.807) is 18.9 Å². The lowest BCUT2D eigenvalue weighted by molar-refractivity contribution is -0.141. The van der Waals surface area contributed by atoms with E-state index in [4.69, 9.17) is 4.74 Å². The van der Waals surface area contributed by atoms with Gasteiger partial charge in [0, 0.05) is 19.3 Å². The molecule has 4 nitrogen and oxygen atoms in total. The van der Waals surface area contributed by atoms with Crippen molar-refractivity contribution in [2.45, 2.75) is 33.4 Å². The summed E-state index contributed by atoms with van der Waals surface area (Å²) in [4.78, 5) is 18.1. The van der Waals surface area contributed by atoms with Crippen molar-refractivity contribution in [2.75, 3.05) is 13.7 Å². The van der Waals surface area contributed by atoms with Crippen molar-refractivity contribution in [1.82, 2.24) is 9.88 Å². The van der Waals surface area contributed by atoms with E-state index in [1.165, 1.54) is 0 Å². The van der Waals surface area contributed by atoms with E-state index in [0.717, 1.165) is 11.4 Å². The van der Waals surface area contributed by atoms with Gasteiger partial charge in [0.15, 0.2) is 0 Å². The van der Waals surface area contributed by atoms with E-state index >= 15 is 0 Å². The van der Waals surface area contributed by atoms with Crippen LogP contribution in [0.2, 0.25) is 0 Å². The van der Waals surface area contributed by atoms with Crippen molar-refractivity contribution < 1.29 is 9.53 Å². The Morgan fingerprint density at radius 2 is 2.24 bits per heavy atom. The Hall–Kier alpha value is -1.42. The molecule has 0 bridgehead atoms. The summed E-state index contributed by atoms with van der Waals surface area (Å²) in [5.41, 5.74) is 1.87. The number of amides is 1. The van der Waals surface area contributed by atoms with Crippen LogP contribution in [0.1, 0.15) is 25.2 Å². The molecule has 0 spiro atoms. The number of carbonyl (C=O) groups is 1. The standard InChI is InChI=1S/C13H20N2O2/c1-5-15(13(16)11(3)17-4)9-12-8-6-7-10(2)14-12/h6-8,11H,5,9H2,1-4H3. The van der Waals surface area contributed by atoms with Crippen LogP contribution in [0.3, 0.4) is 0 Å². The Morgan fingerprint density at radius 1 is 1.53 bits per heavy atom. The topological polar surface area (TPSA) is 42.4 Å². The number of hydrogen-bond donors (Lipinski definition) is 0. The molecule has 0 aliphatic rings. The molecule has 1 atom stereocenters. The summed E-state index contributed by atoms with van der Waals surface area (Å²) in [6.07, 6.45) is -0.403. The number of pyridine rings is 1. The van der Waals surface area contributed by atoms with E-state index in [9.17, 15) is 4.79 Å². The van der Waals surface area contributed by atoms with Gasteiger partial charge in [-0.1, -0.05) is 6.07 Å². The lowest BCUT2D eigenvalue weighted by atomic mass is 10.2. The minimum Gasteiger partial charge on any atom is -0.372 e. The zero-order valence-electron chi connectivity index (χ0n) is 10.9.